The summed E-state index contributed by atoms with van der Waals surface area (Å²) in [5.41, 5.74) is 0.374. The first kappa shape index (κ1) is 16.4. The first-order valence-corrected chi connectivity index (χ1v) is 8.03. The van der Waals surface area contributed by atoms with E-state index in [2.05, 4.69) is 15.6 Å². The van der Waals surface area contributed by atoms with Gasteiger partial charge in [0.05, 0.1) is 6.10 Å². The number of carbonyl (C=O) groups excluding carboxylic acids is 1. The predicted octanol–water partition coefficient (Wildman–Crippen LogP) is 2.13. The molecular formula is C17H21FN4O2. The van der Waals surface area contributed by atoms with E-state index in [0.717, 1.165) is 19.4 Å². The van der Waals surface area contributed by atoms with E-state index in [-0.39, 0.29) is 18.0 Å². The van der Waals surface area contributed by atoms with Gasteiger partial charge >= 0.3 is 6.03 Å². The molecule has 3 rings (SSSR count). The Bertz CT molecular complexity index is 697. The van der Waals surface area contributed by atoms with Crippen LogP contribution in [0.2, 0.25) is 0 Å². The van der Waals surface area contributed by atoms with Crippen LogP contribution in [0.25, 0.3) is 0 Å². The van der Waals surface area contributed by atoms with Crippen molar-refractivity contribution in [2.24, 2.45) is 7.05 Å². The molecule has 0 aliphatic carbocycles. The zero-order valence-electron chi connectivity index (χ0n) is 13.5. The van der Waals surface area contributed by atoms with Crippen molar-refractivity contribution in [1.29, 1.82) is 0 Å². The smallest absolute Gasteiger partial charge is 0.315 e. The highest BCUT2D eigenvalue weighted by atomic mass is 19.1. The fraction of sp³-hybridized carbons (Fsp3) is 0.412. The Kier molecular flexibility index (Phi) is 5.10. The number of ether oxygens (including phenoxy) is 1. The standard InChI is InChI=1S/C17H21FN4O2/c1-22-9-8-19-16(22)15(13-6-2-3-7-14(13)18)21-17(23)20-11-12-5-4-10-24-12/h2-3,6-9,12,15H,4-5,10-11H2,1H3,(H2,20,21,23)/t12-,15+/m0/s1. The highest BCUT2D eigenvalue weighted by Crippen LogP contribution is 2.23. The summed E-state index contributed by atoms with van der Waals surface area (Å²) in [7, 11) is 1.81. The Balaban J connectivity index is 1.74. The summed E-state index contributed by atoms with van der Waals surface area (Å²) < 4.78 is 21.5. The Morgan fingerprint density at radius 3 is 3.00 bits per heavy atom. The lowest BCUT2D eigenvalue weighted by Crippen LogP contribution is -2.42. The SMILES string of the molecule is Cn1ccnc1[C@H](NC(=O)NC[C@@H]1CCCO1)c1ccccc1F. The third-order valence-corrected chi connectivity index (χ3v) is 4.12. The maximum atomic E-state index is 14.2. The topological polar surface area (TPSA) is 68.2 Å². The zero-order valence-corrected chi connectivity index (χ0v) is 13.5. The lowest BCUT2D eigenvalue weighted by Gasteiger charge is -2.20. The fourth-order valence-electron chi connectivity index (χ4n) is 2.84. The molecule has 24 heavy (non-hydrogen) atoms. The van der Waals surface area contributed by atoms with Gasteiger partial charge in [0.2, 0.25) is 0 Å². The summed E-state index contributed by atoms with van der Waals surface area (Å²) in [5.74, 6) is 0.178. The van der Waals surface area contributed by atoms with Gasteiger partial charge in [0.25, 0.3) is 0 Å². The van der Waals surface area contributed by atoms with Gasteiger partial charge in [-0.2, -0.15) is 0 Å². The van der Waals surface area contributed by atoms with Gasteiger partial charge < -0.3 is 19.9 Å². The molecule has 1 aliphatic heterocycles. The van der Waals surface area contributed by atoms with Gasteiger partial charge in [-0.3, -0.25) is 0 Å². The van der Waals surface area contributed by atoms with Crippen molar-refractivity contribution in [3.63, 3.8) is 0 Å². The predicted molar refractivity (Wildman–Crippen MR) is 87.0 cm³/mol. The van der Waals surface area contributed by atoms with Gasteiger partial charge in [-0.25, -0.2) is 14.2 Å². The molecule has 0 unspecified atom stereocenters. The van der Waals surface area contributed by atoms with Crippen LogP contribution in [0, 0.1) is 5.82 Å². The van der Waals surface area contributed by atoms with Gasteiger partial charge in [0.15, 0.2) is 0 Å². The van der Waals surface area contributed by atoms with Crippen molar-refractivity contribution in [1.82, 2.24) is 20.2 Å². The molecule has 1 aliphatic rings. The van der Waals surface area contributed by atoms with E-state index in [9.17, 15) is 9.18 Å². The second kappa shape index (κ2) is 7.44. The molecule has 0 saturated carbocycles. The first-order chi connectivity index (χ1) is 11.6. The fourth-order valence-corrected chi connectivity index (χ4v) is 2.84. The number of hydrogen-bond donors (Lipinski definition) is 2. The van der Waals surface area contributed by atoms with Crippen molar-refractivity contribution in [3.8, 4) is 0 Å². The van der Waals surface area contributed by atoms with Crippen LogP contribution in [0.4, 0.5) is 9.18 Å². The van der Waals surface area contributed by atoms with E-state index >= 15 is 0 Å². The Labute approximate surface area is 140 Å². The maximum absolute atomic E-state index is 14.2. The van der Waals surface area contributed by atoms with Crippen LogP contribution < -0.4 is 10.6 Å². The van der Waals surface area contributed by atoms with Gasteiger partial charge in [-0.15, -0.1) is 0 Å². The highest BCUT2D eigenvalue weighted by molar-refractivity contribution is 5.74. The summed E-state index contributed by atoms with van der Waals surface area (Å²) in [5, 5.41) is 5.60. The van der Waals surface area contributed by atoms with Crippen LogP contribution in [-0.2, 0) is 11.8 Å². The van der Waals surface area contributed by atoms with E-state index < -0.39 is 6.04 Å². The number of imidazole rings is 1. The van der Waals surface area contributed by atoms with Crippen LogP contribution in [-0.4, -0.2) is 34.8 Å². The molecule has 0 radical (unpaired) electrons. The van der Waals surface area contributed by atoms with Crippen molar-refractivity contribution in [3.05, 3.63) is 53.9 Å². The average Bonchev–Trinajstić information content (AvgIpc) is 3.23. The van der Waals surface area contributed by atoms with Crippen LogP contribution in [0.3, 0.4) is 0 Å². The van der Waals surface area contributed by atoms with E-state index in [1.165, 1.54) is 6.07 Å². The minimum Gasteiger partial charge on any atom is -0.376 e. The third-order valence-electron chi connectivity index (χ3n) is 4.12. The minimum absolute atomic E-state index is 0.0517. The molecule has 6 nitrogen and oxygen atoms in total. The number of aryl methyl sites for hydroxylation is 1. The summed E-state index contributed by atoms with van der Waals surface area (Å²) in [6, 6.07) is 5.33. The van der Waals surface area contributed by atoms with E-state index in [1.54, 1.807) is 35.2 Å². The quantitative estimate of drug-likeness (QED) is 0.881. The first-order valence-electron chi connectivity index (χ1n) is 8.03. The molecule has 7 heteroatoms. The lowest BCUT2D eigenvalue weighted by molar-refractivity contribution is 0.111. The van der Waals surface area contributed by atoms with Crippen molar-refractivity contribution >= 4 is 6.03 Å². The second-order valence-corrected chi connectivity index (χ2v) is 5.84. The molecule has 1 fully saturated rings. The summed E-state index contributed by atoms with van der Waals surface area (Å²) in [4.78, 5) is 16.5. The Morgan fingerprint density at radius 1 is 1.50 bits per heavy atom. The second-order valence-electron chi connectivity index (χ2n) is 5.84. The minimum atomic E-state index is -0.671. The molecule has 1 aromatic heterocycles. The highest BCUT2D eigenvalue weighted by Gasteiger charge is 2.24. The van der Waals surface area contributed by atoms with E-state index in [4.69, 9.17) is 4.74 Å². The molecule has 128 valence electrons. The molecule has 2 N–H and O–H groups in total. The van der Waals surface area contributed by atoms with Crippen LogP contribution >= 0.6 is 0 Å². The monoisotopic (exact) mass is 332 g/mol. The van der Waals surface area contributed by atoms with Crippen LogP contribution in [0.1, 0.15) is 30.3 Å². The molecule has 0 bridgehead atoms. The number of benzene rings is 1. The third kappa shape index (κ3) is 3.73. The molecule has 0 spiro atoms. The Hall–Kier alpha value is -2.41. The molecule has 1 saturated heterocycles. The van der Waals surface area contributed by atoms with Gasteiger partial charge in [0, 0.05) is 38.2 Å². The lowest BCUT2D eigenvalue weighted by atomic mass is 10.1. The number of rotatable bonds is 5. The number of nitrogens with zero attached hydrogens (tertiary/aromatic N) is 2. The summed E-state index contributed by atoms with van der Waals surface area (Å²) in [6.07, 6.45) is 5.38. The van der Waals surface area contributed by atoms with Crippen molar-refractivity contribution in [2.75, 3.05) is 13.2 Å². The number of carbonyl (C=O) groups is 1. The van der Waals surface area contributed by atoms with Gasteiger partial charge in [-0.1, -0.05) is 18.2 Å². The number of nitrogens with one attached hydrogen (secondary N) is 2. The molecule has 1 aromatic carbocycles. The Morgan fingerprint density at radius 2 is 2.33 bits per heavy atom. The van der Waals surface area contributed by atoms with Crippen molar-refractivity contribution in [2.45, 2.75) is 25.0 Å². The van der Waals surface area contributed by atoms with Crippen molar-refractivity contribution < 1.29 is 13.9 Å². The van der Waals surface area contributed by atoms with E-state index in [1.807, 2.05) is 7.05 Å². The number of halogens is 1. The van der Waals surface area contributed by atoms with Crippen LogP contribution in [0.5, 0.6) is 0 Å². The van der Waals surface area contributed by atoms with Gasteiger partial charge in [0.1, 0.15) is 17.7 Å². The summed E-state index contributed by atoms with van der Waals surface area (Å²) >= 11 is 0. The molecular weight excluding hydrogens is 311 g/mol. The molecule has 2 aromatic rings. The molecule has 2 atom stereocenters. The van der Waals surface area contributed by atoms with Crippen LogP contribution in [0.15, 0.2) is 36.7 Å². The zero-order chi connectivity index (χ0) is 16.9. The molecule has 2 amide bonds. The molecule has 2 heterocycles. The largest absolute Gasteiger partial charge is 0.376 e. The average molecular weight is 332 g/mol. The number of hydrogen-bond acceptors (Lipinski definition) is 3. The normalized spacial score (nSPS) is 18.3. The van der Waals surface area contributed by atoms with Gasteiger partial charge in [-0.05, 0) is 18.9 Å². The number of urea groups is 1. The number of amides is 2. The maximum Gasteiger partial charge on any atom is 0.315 e. The van der Waals surface area contributed by atoms with E-state index in [0.29, 0.717) is 17.9 Å². The number of aromatic nitrogens is 2. The summed E-state index contributed by atoms with van der Waals surface area (Å²) in [6.45, 7) is 1.18.